The van der Waals surface area contributed by atoms with Crippen LogP contribution in [0.25, 0.3) is 11.1 Å². The highest BCUT2D eigenvalue weighted by molar-refractivity contribution is 7.15. The minimum absolute atomic E-state index is 0.00496. The number of rotatable bonds is 7. The van der Waals surface area contributed by atoms with Gasteiger partial charge in [0.2, 0.25) is 0 Å². The molecule has 0 saturated heterocycles. The Bertz CT molecular complexity index is 736. The van der Waals surface area contributed by atoms with Gasteiger partial charge >= 0.3 is 0 Å². The van der Waals surface area contributed by atoms with Crippen molar-refractivity contribution in [2.24, 2.45) is 0 Å². The Balaban J connectivity index is 2.46. The molecule has 24 heavy (non-hydrogen) atoms. The Kier molecular flexibility index (Phi) is 5.92. The highest BCUT2D eigenvalue weighted by atomic mass is 32.1. The van der Waals surface area contributed by atoms with Crippen LogP contribution in [0.3, 0.4) is 0 Å². The summed E-state index contributed by atoms with van der Waals surface area (Å²) in [6, 6.07) is 6.28. The second-order valence-electron chi connectivity index (χ2n) is 5.49. The van der Waals surface area contributed by atoms with Gasteiger partial charge in [0.25, 0.3) is 11.6 Å². The molecule has 128 valence electrons. The number of nitrogens with two attached hydrogens (primary N) is 1. The van der Waals surface area contributed by atoms with Gasteiger partial charge in [0.1, 0.15) is 0 Å². The van der Waals surface area contributed by atoms with Crippen LogP contribution in [0.4, 0.5) is 10.7 Å². The number of carbonyl (C=O) groups excluding carboxylic acids is 1. The van der Waals surface area contributed by atoms with Gasteiger partial charge < -0.3 is 10.6 Å². The Morgan fingerprint density at radius 3 is 2.54 bits per heavy atom. The summed E-state index contributed by atoms with van der Waals surface area (Å²) in [6.45, 7) is 5.37. The lowest BCUT2D eigenvalue weighted by molar-refractivity contribution is -0.384. The number of nitro benzene ring substituents is 1. The molecule has 2 rings (SSSR count). The van der Waals surface area contributed by atoms with Gasteiger partial charge in [0.05, 0.1) is 15.5 Å². The number of amides is 1. The van der Waals surface area contributed by atoms with Crippen molar-refractivity contribution in [3.63, 3.8) is 0 Å². The van der Waals surface area contributed by atoms with Crippen molar-refractivity contribution in [2.45, 2.75) is 26.7 Å². The topological polar surface area (TPSA) is 89.5 Å². The van der Waals surface area contributed by atoms with Crippen LogP contribution in [0.5, 0.6) is 0 Å². The molecule has 0 fully saturated rings. The predicted molar refractivity (Wildman–Crippen MR) is 97.3 cm³/mol. The van der Waals surface area contributed by atoms with Gasteiger partial charge in [0, 0.05) is 36.2 Å². The number of thiophene rings is 1. The summed E-state index contributed by atoms with van der Waals surface area (Å²) < 4.78 is 0. The van der Waals surface area contributed by atoms with E-state index < -0.39 is 4.92 Å². The van der Waals surface area contributed by atoms with Crippen molar-refractivity contribution in [1.29, 1.82) is 0 Å². The van der Waals surface area contributed by atoms with Crippen molar-refractivity contribution in [3.8, 4) is 11.1 Å². The Labute approximate surface area is 145 Å². The van der Waals surface area contributed by atoms with Crippen LogP contribution in [-0.2, 0) is 0 Å². The third-order valence-electron chi connectivity index (χ3n) is 3.68. The minimum Gasteiger partial charge on any atom is -0.390 e. The van der Waals surface area contributed by atoms with E-state index >= 15 is 0 Å². The van der Waals surface area contributed by atoms with Gasteiger partial charge in [0.15, 0.2) is 0 Å². The van der Waals surface area contributed by atoms with Gasteiger partial charge in [-0.05, 0) is 18.4 Å². The molecule has 7 heteroatoms. The third kappa shape index (κ3) is 3.73. The summed E-state index contributed by atoms with van der Waals surface area (Å²) in [4.78, 5) is 25.3. The van der Waals surface area contributed by atoms with Gasteiger partial charge in [-0.25, -0.2) is 0 Å². The number of nitro groups is 1. The van der Waals surface area contributed by atoms with Gasteiger partial charge in [-0.15, -0.1) is 11.3 Å². The van der Waals surface area contributed by atoms with Crippen LogP contribution in [0, 0.1) is 10.1 Å². The molecular formula is C17H21N3O3S. The molecule has 0 saturated carbocycles. The standard InChI is InChI=1S/C17H21N3O3S/c1-3-8-19(9-4-2)17(21)15-14(11-24-16(15)18)12-6-5-7-13(10-12)20(22)23/h5-7,10-11H,3-4,8-9,18H2,1-2H3. The Hall–Kier alpha value is -2.41. The van der Waals surface area contributed by atoms with E-state index in [1.54, 1.807) is 22.4 Å². The lowest BCUT2D eigenvalue weighted by Crippen LogP contribution is -2.33. The fourth-order valence-corrected chi connectivity index (χ4v) is 3.42. The van der Waals surface area contributed by atoms with Crippen LogP contribution >= 0.6 is 11.3 Å². The average molecular weight is 347 g/mol. The maximum absolute atomic E-state index is 12.9. The van der Waals surface area contributed by atoms with Crippen molar-refractivity contribution >= 4 is 27.9 Å². The number of non-ortho nitro benzene ring substituents is 1. The molecule has 0 aliphatic heterocycles. The molecule has 0 spiro atoms. The van der Waals surface area contributed by atoms with E-state index in [-0.39, 0.29) is 11.6 Å². The molecule has 1 heterocycles. The van der Waals surface area contributed by atoms with Crippen LogP contribution in [-0.4, -0.2) is 28.8 Å². The molecule has 0 radical (unpaired) electrons. The second kappa shape index (κ2) is 7.92. The number of hydrogen-bond donors (Lipinski definition) is 1. The first-order valence-electron chi connectivity index (χ1n) is 7.90. The molecule has 1 aromatic heterocycles. The maximum atomic E-state index is 12.9. The summed E-state index contributed by atoms with van der Waals surface area (Å²) in [5.74, 6) is -0.112. The quantitative estimate of drug-likeness (QED) is 0.601. The van der Waals surface area contributed by atoms with Gasteiger partial charge in [-0.2, -0.15) is 0 Å². The average Bonchev–Trinajstić information content (AvgIpc) is 2.95. The summed E-state index contributed by atoms with van der Waals surface area (Å²) in [7, 11) is 0. The van der Waals surface area contributed by atoms with E-state index in [1.807, 2.05) is 13.8 Å². The summed E-state index contributed by atoms with van der Waals surface area (Å²) >= 11 is 1.28. The van der Waals surface area contributed by atoms with E-state index in [1.165, 1.54) is 23.5 Å². The van der Waals surface area contributed by atoms with Crippen LogP contribution < -0.4 is 5.73 Å². The zero-order valence-corrected chi connectivity index (χ0v) is 14.6. The molecule has 0 bridgehead atoms. The normalized spacial score (nSPS) is 10.6. The van der Waals surface area contributed by atoms with Crippen LogP contribution in [0.2, 0.25) is 0 Å². The van der Waals surface area contributed by atoms with Gasteiger partial charge in [-0.3, -0.25) is 14.9 Å². The number of carbonyl (C=O) groups is 1. The second-order valence-corrected chi connectivity index (χ2v) is 6.40. The zero-order valence-electron chi connectivity index (χ0n) is 13.8. The fraction of sp³-hybridized carbons (Fsp3) is 0.353. The highest BCUT2D eigenvalue weighted by Crippen LogP contribution is 2.35. The highest BCUT2D eigenvalue weighted by Gasteiger charge is 2.23. The Morgan fingerprint density at radius 2 is 1.96 bits per heavy atom. The van der Waals surface area contributed by atoms with Crippen molar-refractivity contribution < 1.29 is 9.72 Å². The summed E-state index contributed by atoms with van der Waals surface area (Å²) in [6.07, 6.45) is 1.73. The first-order chi connectivity index (χ1) is 11.5. The van der Waals surface area contributed by atoms with E-state index in [0.29, 0.717) is 34.8 Å². The van der Waals surface area contributed by atoms with Gasteiger partial charge in [-0.1, -0.05) is 26.0 Å². The van der Waals surface area contributed by atoms with Crippen molar-refractivity contribution in [1.82, 2.24) is 4.90 Å². The van der Waals surface area contributed by atoms with Crippen molar-refractivity contribution in [3.05, 3.63) is 45.3 Å². The van der Waals surface area contributed by atoms with E-state index in [4.69, 9.17) is 5.73 Å². The molecule has 0 aliphatic carbocycles. The molecule has 0 aliphatic rings. The lowest BCUT2D eigenvalue weighted by atomic mass is 10.0. The summed E-state index contributed by atoms with van der Waals surface area (Å²) in [5.41, 5.74) is 7.78. The zero-order chi connectivity index (χ0) is 17.7. The minimum atomic E-state index is -0.443. The lowest BCUT2D eigenvalue weighted by Gasteiger charge is -2.22. The number of anilines is 1. The first-order valence-corrected chi connectivity index (χ1v) is 8.78. The van der Waals surface area contributed by atoms with Crippen LogP contribution in [0.1, 0.15) is 37.0 Å². The predicted octanol–water partition coefficient (Wildman–Crippen LogP) is 4.17. The molecular weight excluding hydrogens is 326 g/mol. The smallest absolute Gasteiger partial charge is 0.270 e. The maximum Gasteiger partial charge on any atom is 0.270 e. The van der Waals surface area contributed by atoms with E-state index in [0.717, 1.165) is 12.8 Å². The van der Waals surface area contributed by atoms with E-state index in [9.17, 15) is 14.9 Å². The monoisotopic (exact) mass is 347 g/mol. The fourth-order valence-electron chi connectivity index (χ4n) is 2.61. The number of benzene rings is 1. The molecule has 2 aromatic rings. The van der Waals surface area contributed by atoms with Crippen LogP contribution in [0.15, 0.2) is 29.6 Å². The molecule has 1 aromatic carbocycles. The molecule has 0 unspecified atom stereocenters. The number of nitrogens with zero attached hydrogens (tertiary/aromatic N) is 2. The number of hydrogen-bond acceptors (Lipinski definition) is 5. The SMILES string of the molecule is CCCN(CCC)C(=O)c1c(-c2cccc([N+](=O)[O-])c2)csc1N. The Morgan fingerprint density at radius 1 is 1.29 bits per heavy atom. The largest absolute Gasteiger partial charge is 0.390 e. The number of nitrogen functional groups attached to an aromatic ring is 1. The van der Waals surface area contributed by atoms with E-state index in [2.05, 4.69) is 0 Å². The van der Waals surface area contributed by atoms with Crippen molar-refractivity contribution in [2.75, 3.05) is 18.8 Å². The molecule has 1 amide bonds. The molecule has 2 N–H and O–H groups in total. The first kappa shape index (κ1) is 17.9. The third-order valence-corrected chi connectivity index (χ3v) is 4.49. The summed E-state index contributed by atoms with van der Waals surface area (Å²) in [5, 5.41) is 13.2. The molecule has 6 nitrogen and oxygen atoms in total. The molecule has 0 atom stereocenters.